The van der Waals surface area contributed by atoms with Gasteiger partial charge in [0.05, 0.1) is 29.4 Å². The van der Waals surface area contributed by atoms with E-state index in [4.69, 9.17) is 38.4 Å². The number of ether oxygens (including phenoxy) is 2. The lowest BCUT2D eigenvalue weighted by atomic mass is 9.88. The highest BCUT2D eigenvalue weighted by Crippen LogP contribution is 2.67. The molecule has 2 aliphatic carbocycles. The van der Waals surface area contributed by atoms with Crippen LogP contribution in [0.1, 0.15) is 18.9 Å². The molecule has 0 bridgehead atoms. The predicted octanol–water partition coefficient (Wildman–Crippen LogP) is 3.00. The molecule has 3 rings (SSSR count). The Morgan fingerprint density at radius 3 is 2.59 bits per heavy atom. The molecule has 2 saturated carbocycles. The third-order valence-corrected chi connectivity index (χ3v) is 5.93. The van der Waals surface area contributed by atoms with Crippen LogP contribution in [0.15, 0.2) is 18.2 Å². The van der Waals surface area contributed by atoms with Crippen LogP contribution in [0, 0.1) is 11.8 Å². The third kappa shape index (κ3) is 3.40. The molecule has 150 valence electrons. The number of aliphatic carboxylic acids is 1. The third-order valence-electron chi connectivity index (χ3n) is 5.19. The van der Waals surface area contributed by atoms with Crippen molar-refractivity contribution in [3.8, 4) is 0 Å². The second-order valence-corrected chi connectivity index (χ2v) is 7.41. The van der Waals surface area contributed by atoms with Crippen LogP contribution in [0.4, 0.5) is 4.39 Å². The first-order valence-electron chi connectivity index (χ1n) is 8.11. The van der Waals surface area contributed by atoms with E-state index in [1.165, 1.54) is 0 Å². The maximum Gasteiger partial charge on any atom is 0.344 e. The molecule has 6 nitrogen and oxygen atoms in total. The lowest BCUT2D eigenvalue weighted by molar-refractivity contribution is -0.159. The molecule has 0 spiro atoms. The summed E-state index contributed by atoms with van der Waals surface area (Å²) in [6.45, 7) is 1.59. The van der Waals surface area contributed by atoms with Gasteiger partial charge in [0.1, 0.15) is 5.54 Å². The minimum Gasteiger partial charge on any atom is -0.480 e. The number of hydrogen-bond donors (Lipinski definition) is 2. The molecule has 2 fully saturated rings. The van der Waals surface area contributed by atoms with Crippen LogP contribution in [0.5, 0.6) is 0 Å². The molecule has 10 heteroatoms. The summed E-state index contributed by atoms with van der Waals surface area (Å²) < 4.78 is 25.4. The first kappa shape index (κ1) is 22.2. The number of nitrogens with two attached hydrogens (primary N) is 1. The normalized spacial score (nSPS) is 33.7. The molecule has 2 aliphatic rings. The highest BCUT2D eigenvalue weighted by Gasteiger charge is 2.85. The maximum absolute atomic E-state index is 15.0. The van der Waals surface area contributed by atoms with Gasteiger partial charge >= 0.3 is 11.9 Å². The van der Waals surface area contributed by atoms with Gasteiger partial charge in [-0.05, 0) is 31.0 Å². The molecule has 27 heavy (non-hydrogen) atoms. The fourth-order valence-electron chi connectivity index (χ4n) is 3.86. The average Bonchev–Trinajstić information content (AvgIpc) is 3.05. The number of esters is 1. The lowest BCUT2D eigenvalue weighted by Crippen LogP contribution is -2.60. The SMILES string of the molecule is CCOC(=O)[C@]1(F)C2[C@H]1CC(OCc1ccc(Cl)c(Cl)c1)C2(N)C(=O)O.Cl. The van der Waals surface area contributed by atoms with Crippen LogP contribution in [-0.2, 0) is 25.7 Å². The summed E-state index contributed by atoms with van der Waals surface area (Å²) in [6, 6.07) is 4.87. The van der Waals surface area contributed by atoms with Gasteiger partial charge < -0.3 is 20.3 Å². The Hall–Kier alpha value is -1.12. The monoisotopic (exact) mass is 441 g/mol. The van der Waals surface area contributed by atoms with Crippen LogP contribution in [0.2, 0.25) is 10.0 Å². The molecule has 1 aromatic carbocycles. The quantitative estimate of drug-likeness (QED) is 0.657. The summed E-state index contributed by atoms with van der Waals surface area (Å²) in [5.74, 6) is -4.48. The van der Waals surface area contributed by atoms with Crippen LogP contribution < -0.4 is 5.73 Å². The Kier molecular flexibility index (Phi) is 6.34. The molecule has 0 amide bonds. The number of benzene rings is 1. The standard InChI is InChI=1S/C17H18Cl2FNO5.ClH/c1-2-25-15(24)16(20)9-6-12(17(21,13(9)16)14(22)23)26-7-8-3-4-10(18)11(19)5-8;/h3-5,9,12-13H,2,6-7,21H2,1H3,(H,22,23);1H/t9-,12?,13?,16-,17?;/m1./s1. The molecule has 0 heterocycles. The second kappa shape index (κ2) is 7.72. The van der Waals surface area contributed by atoms with Gasteiger partial charge in [0.2, 0.25) is 5.67 Å². The van der Waals surface area contributed by atoms with Crippen LogP contribution in [-0.4, -0.2) is 41.0 Å². The van der Waals surface area contributed by atoms with Crippen molar-refractivity contribution in [1.29, 1.82) is 0 Å². The van der Waals surface area contributed by atoms with Crippen molar-refractivity contribution in [2.45, 2.75) is 37.3 Å². The number of hydrogen-bond acceptors (Lipinski definition) is 5. The summed E-state index contributed by atoms with van der Waals surface area (Å²) in [7, 11) is 0. The number of fused-ring (bicyclic) bond motifs is 1. The molecule has 0 radical (unpaired) electrons. The maximum atomic E-state index is 15.0. The smallest absolute Gasteiger partial charge is 0.344 e. The molecule has 0 aliphatic heterocycles. The van der Waals surface area contributed by atoms with Crippen molar-refractivity contribution >= 4 is 47.5 Å². The van der Waals surface area contributed by atoms with Crippen molar-refractivity contribution < 1.29 is 28.6 Å². The van der Waals surface area contributed by atoms with E-state index in [2.05, 4.69) is 0 Å². The van der Waals surface area contributed by atoms with Crippen molar-refractivity contribution in [3.05, 3.63) is 33.8 Å². The van der Waals surface area contributed by atoms with E-state index in [1.807, 2.05) is 0 Å². The van der Waals surface area contributed by atoms with E-state index < -0.39 is 41.1 Å². The number of carboxylic acids is 1. The van der Waals surface area contributed by atoms with Crippen LogP contribution >= 0.6 is 35.6 Å². The Labute approximate surface area is 171 Å². The van der Waals surface area contributed by atoms with E-state index in [0.717, 1.165) is 0 Å². The molecule has 3 N–H and O–H groups in total. The van der Waals surface area contributed by atoms with Gasteiger partial charge in [0.15, 0.2) is 0 Å². The largest absolute Gasteiger partial charge is 0.480 e. The van der Waals surface area contributed by atoms with Gasteiger partial charge in [-0.1, -0.05) is 29.3 Å². The molecule has 0 aromatic heterocycles. The lowest BCUT2D eigenvalue weighted by Gasteiger charge is -2.32. The number of alkyl halides is 1. The molecule has 5 atom stereocenters. The van der Waals surface area contributed by atoms with Gasteiger partial charge in [-0.15, -0.1) is 12.4 Å². The Bertz CT molecular complexity index is 766. The van der Waals surface area contributed by atoms with Crippen LogP contribution in [0.25, 0.3) is 0 Å². The number of rotatable bonds is 6. The van der Waals surface area contributed by atoms with Gasteiger partial charge in [0, 0.05) is 11.8 Å². The Balaban J connectivity index is 0.00000261. The molecular formula is C17H19Cl3FNO5. The second-order valence-electron chi connectivity index (χ2n) is 6.59. The zero-order chi connectivity index (χ0) is 19.3. The topological polar surface area (TPSA) is 98.9 Å². The van der Waals surface area contributed by atoms with E-state index in [0.29, 0.717) is 15.6 Å². The fourth-order valence-corrected chi connectivity index (χ4v) is 4.18. The Morgan fingerprint density at radius 1 is 1.37 bits per heavy atom. The molecule has 3 unspecified atom stereocenters. The summed E-state index contributed by atoms with van der Waals surface area (Å²) in [5, 5.41) is 10.3. The van der Waals surface area contributed by atoms with Crippen molar-refractivity contribution in [1.82, 2.24) is 0 Å². The fraction of sp³-hybridized carbons (Fsp3) is 0.529. The number of carboxylic acid groups (broad SMARTS) is 1. The summed E-state index contributed by atoms with van der Waals surface area (Å²) >= 11 is 11.8. The summed E-state index contributed by atoms with van der Waals surface area (Å²) in [5.41, 5.74) is 2.33. The van der Waals surface area contributed by atoms with Gasteiger partial charge in [-0.25, -0.2) is 9.18 Å². The van der Waals surface area contributed by atoms with E-state index >= 15 is 0 Å². The minimum atomic E-state index is -2.37. The first-order chi connectivity index (χ1) is 12.2. The van der Waals surface area contributed by atoms with Crippen molar-refractivity contribution in [2.24, 2.45) is 17.6 Å². The zero-order valence-electron chi connectivity index (χ0n) is 14.3. The zero-order valence-corrected chi connectivity index (χ0v) is 16.6. The van der Waals surface area contributed by atoms with E-state index in [1.54, 1.807) is 25.1 Å². The van der Waals surface area contributed by atoms with Crippen molar-refractivity contribution in [2.75, 3.05) is 6.61 Å². The highest BCUT2D eigenvalue weighted by atomic mass is 35.5. The van der Waals surface area contributed by atoms with Crippen LogP contribution in [0.3, 0.4) is 0 Å². The summed E-state index contributed by atoms with van der Waals surface area (Å²) in [4.78, 5) is 23.7. The molecular weight excluding hydrogens is 424 g/mol. The number of halogens is 4. The van der Waals surface area contributed by atoms with E-state index in [9.17, 15) is 19.1 Å². The van der Waals surface area contributed by atoms with Gasteiger partial charge in [0.25, 0.3) is 0 Å². The number of carbonyl (C=O) groups is 2. The highest BCUT2D eigenvalue weighted by molar-refractivity contribution is 6.42. The van der Waals surface area contributed by atoms with Gasteiger partial charge in [-0.2, -0.15) is 0 Å². The molecule has 1 aromatic rings. The average molecular weight is 443 g/mol. The predicted molar refractivity (Wildman–Crippen MR) is 98.9 cm³/mol. The van der Waals surface area contributed by atoms with Gasteiger partial charge in [-0.3, -0.25) is 4.79 Å². The first-order valence-corrected chi connectivity index (χ1v) is 8.86. The Morgan fingerprint density at radius 2 is 2.04 bits per heavy atom. The molecule has 0 saturated heterocycles. The van der Waals surface area contributed by atoms with E-state index in [-0.39, 0.29) is 32.0 Å². The summed E-state index contributed by atoms with van der Waals surface area (Å²) in [6.07, 6.45) is -0.924. The van der Waals surface area contributed by atoms with Crippen molar-refractivity contribution in [3.63, 3.8) is 0 Å². The minimum absolute atomic E-state index is 0. The number of carbonyl (C=O) groups excluding carboxylic acids is 1.